The lowest BCUT2D eigenvalue weighted by atomic mass is 10.2. The van der Waals surface area contributed by atoms with Gasteiger partial charge in [-0.2, -0.15) is 0 Å². The fraction of sp³-hybridized carbons (Fsp3) is 1.00. The predicted octanol–water partition coefficient (Wildman–Crippen LogP) is 4.15. The molecule has 0 aromatic rings. The topological polar surface area (TPSA) is 18.5 Å². The highest BCUT2D eigenvalue weighted by Gasteiger charge is 2.30. The standard InChI is InChI=1S/C5H11.2C4H9O.Al/c1-4-5(2)3;2*1-3-4(2)5;/h5H,2,4H2,1,3H3;2*4H,3H2,1-2H3;/q;2*-1;+2. The van der Waals surface area contributed by atoms with E-state index in [2.05, 4.69) is 41.5 Å². The summed E-state index contributed by atoms with van der Waals surface area (Å²) in [4.78, 5) is 0. The van der Waals surface area contributed by atoms with Crippen LogP contribution in [0.1, 0.15) is 60.8 Å². The average Bonchev–Trinajstić information content (AvgIpc) is 2.28. The second-order valence-electron chi connectivity index (χ2n) is 4.89. The minimum Gasteiger partial charge on any atom is -0.476 e. The number of hydrogen-bond donors (Lipinski definition) is 0. The summed E-state index contributed by atoms with van der Waals surface area (Å²) in [7, 11) is 0. The summed E-state index contributed by atoms with van der Waals surface area (Å²) < 4.78 is 12.1. The lowest BCUT2D eigenvalue weighted by Crippen LogP contribution is -2.32. The Bertz CT molecular complexity index is 135. The quantitative estimate of drug-likeness (QED) is 0.567. The summed E-state index contributed by atoms with van der Waals surface area (Å²) in [6.07, 6.45) is 4.08. The highest BCUT2D eigenvalue weighted by atomic mass is 27.2. The third-order valence-corrected chi connectivity index (χ3v) is 5.94. The molecule has 0 heterocycles. The van der Waals surface area contributed by atoms with Crippen molar-refractivity contribution >= 4 is 14.8 Å². The van der Waals surface area contributed by atoms with Crippen molar-refractivity contribution in [3.05, 3.63) is 0 Å². The Morgan fingerprint density at radius 3 is 1.56 bits per heavy atom. The van der Waals surface area contributed by atoms with Crippen molar-refractivity contribution in [1.29, 1.82) is 0 Å². The van der Waals surface area contributed by atoms with Gasteiger partial charge in [-0.05, 0) is 32.0 Å². The van der Waals surface area contributed by atoms with E-state index in [4.69, 9.17) is 7.58 Å². The molecular formula is C13H29AlO2. The van der Waals surface area contributed by atoms with Crippen LogP contribution < -0.4 is 0 Å². The Balaban J connectivity index is 4.15. The number of hydrogen-bond acceptors (Lipinski definition) is 2. The molecule has 3 unspecified atom stereocenters. The van der Waals surface area contributed by atoms with Crippen molar-refractivity contribution in [3.63, 3.8) is 0 Å². The van der Waals surface area contributed by atoms with Gasteiger partial charge in [-0.3, -0.25) is 0 Å². The Labute approximate surface area is 107 Å². The first-order chi connectivity index (χ1) is 7.53. The van der Waals surface area contributed by atoms with Crippen LogP contribution >= 0.6 is 0 Å². The first kappa shape index (κ1) is 16.5. The molecule has 2 nitrogen and oxygen atoms in total. The smallest absolute Gasteiger partial charge is 0.476 e. The molecule has 0 saturated heterocycles. The molecule has 0 bridgehead atoms. The summed E-state index contributed by atoms with van der Waals surface area (Å²) in [5, 5.41) is 1.14. The van der Waals surface area contributed by atoms with Crippen molar-refractivity contribution in [2.45, 2.75) is 78.3 Å². The van der Waals surface area contributed by atoms with Gasteiger partial charge < -0.3 is 7.58 Å². The van der Waals surface area contributed by atoms with E-state index in [1.165, 1.54) is 6.42 Å². The van der Waals surface area contributed by atoms with E-state index in [1.807, 2.05) is 0 Å². The van der Waals surface area contributed by atoms with Crippen LogP contribution in [0.3, 0.4) is 0 Å². The summed E-state index contributed by atoms with van der Waals surface area (Å²) in [6, 6.07) is 0. The van der Waals surface area contributed by atoms with Crippen LogP contribution in [0, 0.1) is 5.92 Å². The van der Waals surface area contributed by atoms with Gasteiger partial charge in [0.05, 0.1) is 0 Å². The van der Waals surface area contributed by atoms with Crippen LogP contribution in [0.25, 0.3) is 0 Å². The van der Waals surface area contributed by atoms with Crippen LogP contribution in [0.5, 0.6) is 0 Å². The molecule has 0 radical (unpaired) electrons. The van der Waals surface area contributed by atoms with Gasteiger partial charge in [0, 0.05) is 12.2 Å². The van der Waals surface area contributed by atoms with Crippen LogP contribution in [0.15, 0.2) is 0 Å². The first-order valence-electron chi connectivity index (χ1n) is 6.84. The van der Waals surface area contributed by atoms with E-state index in [1.54, 1.807) is 0 Å². The summed E-state index contributed by atoms with van der Waals surface area (Å²) >= 11 is -1.46. The lowest BCUT2D eigenvalue weighted by Gasteiger charge is -2.23. The Kier molecular flexibility index (Phi) is 9.75. The largest absolute Gasteiger partial charge is 0.675 e. The van der Waals surface area contributed by atoms with Gasteiger partial charge in [-0.25, -0.2) is 0 Å². The molecule has 3 heteroatoms. The minimum atomic E-state index is -1.46. The predicted molar refractivity (Wildman–Crippen MR) is 71.7 cm³/mol. The lowest BCUT2D eigenvalue weighted by molar-refractivity contribution is 0.108. The molecule has 0 aromatic carbocycles. The molecule has 0 amide bonds. The highest BCUT2D eigenvalue weighted by molar-refractivity contribution is 6.44. The molecule has 0 saturated carbocycles. The fourth-order valence-electron chi connectivity index (χ4n) is 1.35. The van der Waals surface area contributed by atoms with Gasteiger partial charge in [0.15, 0.2) is 0 Å². The molecule has 0 fully saturated rings. The summed E-state index contributed by atoms with van der Waals surface area (Å²) in [5.41, 5.74) is 0. The van der Waals surface area contributed by atoms with Gasteiger partial charge >= 0.3 is 14.8 Å². The molecule has 16 heavy (non-hydrogen) atoms. The molecule has 0 rings (SSSR count). The van der Waals surface area contributed by atoms with E-state index in [-0.39, 0.29) is 0 Å². The van der Waals surface area contributed by atoms with E-state index in [0.717, 1.165) is 24.0 Å². The van der Waals surface area contributed by atoms with Gasteiger partial charge in [0.2, 0.25) is 0 Å². The van der Waals surface area contributed by atoms with Crippen molar-refractivity contribution in [1.82, 2.24) is 0 Å². The molecule has 96 valence electrons. The molecule has 3 atom stereocenters. The number of rotatable bonds is 9. The molecule has 0 aromatic heterocycles. The minimum absolute atomic E-state index is 0.352. The van der Waals surface area contributed by atoms with E-state index >= 15 is 0 Å². The molecule has 0 N–H and O–H groups in total. The Hall–Kier alpha value is 0.452. The van der Waals surface area contributed by atoms with Crippen LogP contribution in [-0.4, -0.2) is 27.0 Å². The first-order valence-corrected chi connectivity index (χ1v) is 8.60. The van der Waals surface area contributed by atoms with Crippen molar-refractivity contribution in [3.8, 4) is 0 Å². The SMILES string of the molecule is CCC(C)[CH2][Al]([O]C(C)CC)[O]C(C)CC. The van der Waals surface area contributed by atoms with Crippen molar-refractivity contribution in [2.75, 3.05) is 0 Å². The normalized spacial score (nSPS) is 16.9. The second kappa shape index (κ2) is 9.48. The third kappa shape index (κ3) is 7.68. The van der Waals surface area contributed by atoms with Crippen LogP contribution in [-0.2, 0) is 7.58 Å². The van der Waals surface area contributed by atoms with Crippen LogP contribution in [0.2, 0.25) is 5.28 Å². The molecule has 0 aliphatic heterocycles. The third-order valence-electron chi connectivity index (χ3n) is 3.21. The maximum Gasteiger partial charge on any atom is 0.675 e. The molecule has 0 spiro atoms. The molecule has 0 aliphatic rings. The fourth-order valence-corrected chi connectivity index (χ4v) is 4.05. The highest BCUT2D eigenvalue weighted by Crippen LogP contribution is 2.16. The van der Waals surface area contributed by atoms with Gasteiger partial charge in [-0.1, -0.05) is 40.0 Å². The van der Waals surface area contributed by atoms with Gasteiger partial charge in [0.25, 0.3) is 0 Å². The molecular weight excluding hydrogens is 215 g/mol. The maximum atomic E-state index is 6.06. The molecule has 0 aliphatic carbocycles. The van der Waals surface area contributed by atoms with Gasteiger partial charge in [-0.15, -0.1) is 0 Å². The van der Waals surface area contributed by atoms with E-state index in [0.29, 0.717) is 12.2 Å². The van der Waals surface area contributed by atoms with E-state index < -0.39 is 14.8 Å². The second-order valence-corrected chi connectivity index (χ2v) is 6.76. The van der Waals surface area contributed by atoms with Crippen molar-refractivity contribution in [2.24, 2.45) is 5.92 Å². The Morgan fingerprint density at radius 2 is 1.25 bits per heavy atom. The maximum absolute atomic E-state index is 6.06. The van der Waals surface area contributed by atoms with Crippen LogP contribution in [0.4, 0.5) is 0 Å². The zero-order valence-electron chi connectivity index (χ0n) is 12.0. The zero-order chi connectivity index (χ0) is 12.6. The monoisotopic (exact) mass is 244 g/mol. The van der Waals surface area contributed by atoms with E-state index in [9.17, 15) is 0 Å². The zero-order valence-corrected chi connectivity index (χ0v) is 13.1. The van der Waals surface area contributed by atoms with Gasteiger partial charge in [0.1, 0.15) is 0 Å². The summed E-state index contributed by atoms with van der Waals surface area (Å²) in [5.74, 6) is 0.727. The Morgan fingerprint density at radius 1 is 0.812 bits per heavy atom. The summed E-state index contributed by atoms with van der Waals surface area (Å²) in [6.45, 7) is 13.2. The average molecular weight is 244 g/mol. The van der Waals surface area contributed by atoms with Crippen molar-refractivity contribution < 1.29 is 7.58 Å².